The molecular formula is C16H17NO2. The third kappa shape index (κ3) is 1.81. The van der Waals surface area contributed by atoms with Crippen molar-refractivity contribution in [3.8, 4) is 0 Å². The second-order valence-corrected chi connectivity index (χ2v) is 5.35. The SMILES string of the molecule is COC(=O)C1(c2ccc3ncc(C)cc3c2)CCC1. The van der Waals surface area contributed by atoms with Gasteiger partial charge in [0, 0.05) is 11.6 Å². The molecule has 0 aliphatic heterocycles. The zero-order chi connectivity index (χ0) is 13.5. The number of nitrogens with zero attached hydrogens (tertiary/aromatic N) is 1. The molecule has 3 heteroatoms. The molecule has 3 nitrogen and oxygen atoms in total. The van der Waals surface area contributed by atoms with Crippen LogP contribution in [0.2, 0.25) is 0 Å². The molecular weight excluding hydrogens is 238 g/mol. The van der Waals surface area contributed by atoms with E-state index in [9.17, 15) is 4.79 Å². The van der Waals surface area contributed by atoms with Crippen LogP contribution >= 0.6 is 0 Å². The number of esters is 1. The molecule has 0 atom stereocenters. The number of rotatable bonds is 2. The van der Waals surface area contributed by atoms with Crippen LogP contribution in [0.15, 0.2) is 30.5 Å². The van der Waals surface area contributed by atoms with Crippen molar-refractivity contribution in [1.82, 2.24) is 4.98 Å². The molecule has 1 saturated carbocycles. The Hall–Kier alpha value is -1.90. The number of pyridine rings is 1. The van der Waals surface area contributed by atoms with Crippen molar-refractivity contribution in [2.75, 3.05) is 7.11 Å². The molecule has 2 aromatic rings. The first-order chi connectivity index (χ1) is 9.15. The van der Waals surface area contributed by atoms with Crippen molar-refractivity contribution < 1.29 is 9.53 Å². The van der Waals surface area contributed by atoms with Gasteiger partial charge in [0.25, 0.3) is 0 Å². The highest BCUT2D eigenvalue weighted by molar-refractivity contribution is 5.87. The molecule has 1 aromatic carbocycles. The summed E-state index contributed by atoms with van der Waals surface area (Å²) in [5, 5.41) is 1.09. The third-order valence-corrected chi connectivity index (χ3v) is 4.15. The fraction of sp³-hybridized carbons (Fsp3) is 0.375. The van der Waals surface area contributed by atoms with Crippen LogP contribution in [0.4, 0.5) is 0 Å². The van der Waals surface area contributed by atoms with E-state index < -0.39 is 5.41 Å². The smallest absolute Gasteiger partial charge is 0.316 e. The highest BCUT2D eigenvalue weighted by Gasteiger charge is 2.46. The lowest BCUT2D eigenvalue weighted by Gasteiger charge is -2.39. The van der Waals surface area contributed by atoms with E-state index in [0.29, 0.717) is 0 Å². The standard InChI is InChI=1S/C16H17NO2/c1-11-8-12-9-13(4-5-14(12)17-10-11)16(6-3-7-16)15(18)19-2/h4-5,8-10H,3,6-7H2,1-2H3. The monoisotopic (exact) mass is 255 g/mol. The molecule has 1 fully saturated rings. The molecule has 0 saturated heterocycles. The first-order valence-corrected chi connectivity index (χ1v) is 6.61. The van der Waals surface area contributed by atoms with Gasteiger partial charge in [0.2, 0.25) is 0 Å². The van der Waals surface area contributed by atoms with E-state index in [1.54, 1.807) is 0 Å². The van der Waals surface area contributed by atoms with Crippen LogP contribution in [-0.4, -0.2) is 18.1 Å². The van der Waals surface area contributed by atoms with Gasteiger partial charge in [0.05, 0.1) is 18.0 Å². The lowest BCUT2D eigenvalue weighted by atomic mass is 9.64. The van der Waals surface area contributed by atoms with Crippen LogP contribution in [-0.2, 0) is 14.9 Å². The average Bonchev–Trinajstić information content (AvgIpc) is 2.36. The number of methoxy groups -OCH3 is 1. The Kier molecular flexibility index (Phi) is 2.77. The number of aryl methyl sites for hydroxylation is 1. The maximum absolute atomic E-state index is 12.1. The fourth-order valence-electron chi connectivity index (χ4n) is 2.88. The van der Waals surface area contributed by atoms with Crippen molar-refractivity contribution in [3.05, 3.63) is 41.6 Å². The quantitative estimate of drug-likeness (QED) is 0.774. The Morgan fingerprint density at radius 3 is 2.74 bits per heavy atom. The number of benzene rings is 1. The van der Waals surface area contributed by atoms with Crippen molar-refractivity contribution in [1.29, 1.82) is 0 Å². The zero-order valence-corrected chi connectivity index (χ0v) is 11.3. The fourth-order valence-corrected chi connectivity index (χ4v) is 2.88. The Morgan fingerprint density at radius 2 is 2.11 bits per heavy atom. The van der Waals surface area contributed by atoms with E-state index in [-0.39, 0.29) is 5.97 Å². The number of carbonyl (C=O) groups excluding carboxylic acids is 1. The molecule has 0 radical (unpaired) electrons. The minimum Gasteiger partial charge on any atom is -0.468 e. The number of aromatic nitrogens is 1. The van der Waals surface area contributed by atoms with Gasteiger partial charge >= 0.3 is 5.97 Å². The Balaban J connectivity index is 2.12. The molecule has 1 aromatic heterocycles. The van der Waals surface area contributed by atoms with Crippen molar-refractivity contribution in [2.45, 2.75) is 31.6 Å². The van der Waals surface area contributed by atoms with Gasteiger partial charge in [-0.3, -0.25) is 9.78 Å². The summed E-state index contributed by atoms with van der Waals surface area (Å²) in [6.07, 6.45) is 4.70. The maximum Gasteiger partial charge on any atom is 0.316 e. The number of hydrogen-bond donors (Lipinski definition) is 0. The molecule has 0 unspecified atom stereocenters. The molecule has 0 bridgehead atoms. The van der Waals surface area contributed by atoms with E-state index in [1.807, 2.05) is 25.3 Å². The van der Waals surface area contributed by atoms with Crippen LogP contribution in [0.1, 0.15) is 30.4 Å². The number of fused-ring (bicyclic) bond motifs is 1. The Bertz CT molecular complexity index is 644. The molecule has 0 N–H and O–H groups in total. The van der Waals surface area contributed by atoms with E-state index in [1.165, 1.54) is 7.11 Å². The first kappa shape index (κ1) is 12.2. The lowest BCUT2D eigenvalue weighted by Crippen LogP contribution is -2.43. The molecule has 1 aliphatic rings. The summed E-state index contributed by atoms with van der Waals surface area (Å²) in [4.78, 5) is 16.5. The van der Waals surface area contributed by atoms with Gasteiger partial charge in [-0.15, -0.1) is 0 Å². The van der Waals surface area contributed by atoms with E-state index in [2.05, 4.69) is 17.1 Å². The van der Waals surface area contributed by atoms with E-state index >= 15 is 0 Å². The molecule has 0 spiro atoms. The van der Waals surface area contributed by atoms with Gasteiger partial charge in [-0.25, -0.2) is 0 Å². The molecule has 3 rings (SSSR count). The highest BCUT2D eigenvalue weighted by Crippen LogP contribution is 2.45. The summed E-state index contributed by atoms with van der Waals surface area (Å²) in [5.74, 6) is -0.112. The molecule has 1 aliphatic carbocycles. The lowest BCUT2D eigenvalue weighted by molar-refractivity contribution is -0.151. The van der Waals surface area contributed by atoms with E-state index in [0.717, 1.165) is 41.3 Å². The average molecular weight is 255 g/mol. The van der Waals surface area contributed by atoms with Gasteiger partial charge in [0.15, 0.2) is 0 Å². The molecule has 0 amide bonds. The second-order valence-electron chi connectivity index (χ2n) is 5.35. The Labute approximate surface area is 112 Å². The molecule has 19 heavy (non-hydrogen) atoms. The molecule has 98 valence electrons. The third-order valence-electron chi connectivity index (χ3n) is 4.15. The van der Waals surface area contributed by atoms with Gasteiger partial charge in [0.1, 0.15) is 0 Å². The molecule has 1 heterocycles. The summed E-state index contributed by atoms with van der Waals surface area (Å²) >= 11 is 0. The summed E-state index contributed by atoms with van der Waals surface area (Å²) in [6, 6.07) is 8.20. The highest BCUT2D eigenvalue weighted by atomic mass is 16.5. The number of carbonyl (C=O) groups is 1. The van der Waals surface area contributed by atoms with Crippen molar-refractivity contribution in [3.63, 3.8) is 0 Å². The minimum atomic E-state index is -0.424. The predicted octanol–water partition coefficient (Wildman–Crippen LogP) is 3.14. The zero-order valence-electron chi connectivity index (χ0n) is 11.3. The topological polar surface area (TPSA) is 39.2 Å². The van der Waals surface area contributed by atoms with Crippen LogP contribution in [0.5, 0.6) is 0 Å². The van der Waals surface area contributed by atoms with Gasteiger partial charge in [-0.2, -0.15) is 0 Å². The van der Waals surface area contributed by atoms with Crippen LogP contribution < -0.4 is 0 Å². The van der Waals surface area contributed by atoms with Crippen molar-refractivity contribution in [2.24, 2.45) is 0 Å². The predicted molar refractivity (Wildman–Crippen MR) is 74.0 cm³/mol. The summed E-state index contributed by atoms with van der Waals surface area (Å²) in [6.45, 7) is 2.03. The Morgan fingerprint density at radius 1 is 1.32 bits per heavy atom. The first-order valence-electron chi connectivity index (χ1n) is 6.61. The normalized spacial score (nSPS) is 16.9. The number of ether oxygens (including phenoxy) is 1. The summed E-state index contributed by atoms with van der Waals surface area (Å²) < 4.78 is 4.99. The van der Waals surface area contributed by atoms with Crippen molar-refractivity contribution >= 4 is 16.9 Å². The van der Waals surface area contributed by atoms with Gasteiger partial charge in [-0.1, -0.05) is 12.5 Å². The van der Waals surface area contributed by atoms with E-state index in [4.69, 9.17) is 4.74 Å². The van der Waals surface area contributed by atoms with Crippen LogP contribution in [0.25, 0.3) is 10.9 Å². The van der Waals surface area contributed by atoms with Crippen LogP contribution in [0, 0.1) is 6.92 Å². The number of hydrogen-bond acceptors (Lipinski definition) is 3. The summed E-state index contributed by atoms with van der Waals surface area (Å²) in [7, 11) is 1.47. The van der Waals surface area contributed by atoms with Gasteiger partial charge < -0.3 is 4.74 Å². The maximum atomic E-state index is 12.1. The summed E-state index contributed by atoms with van der Waals surface area (Å²) in [5.41, 5.74) is 2.73. The largest absolute Gasteiger partial charge is 0.468 e. The minimum absolute atomic E-state index is 0.112. The van der Waals surface area contributed by atoms with Gasteiger partial charge in [-0.05, 0) is 49.1 Å². The second kappa shape index (κ2) is 4.34. The van der Waals surface area contributed by atoms with Crippen LogP contribution in [0.3, 0.4) is 0 Å².